The van der Waals surface area contributed by atoms with E-state index in [9.17, 15) is 18.4 Å². The Labute approximate surface area is 183 Å². The smallest absolute Gasteiger partial charge is 0.328 e. The van der Waals surface area contributed by atoms with Crippen molar-refractivity contribution < 1.29 is 23.1 Å². The molecule has 1 atom stereocenters. The highest BCUT2D eigenvalue weighted by Crippen LogP contribution is 2.22. The fraction of sp³-hybridized carbons (Fsp3) is 0.273. The number of para-hydroxylation sites is 1. The zero-order valence-corrected chi connectivity index (χ0v) is 17.8. The van der Waals surface area contributed by atoms with E-state index >= 15 is 0 Å². The van der Waals surface area contributed by atoms with Crippen molar-refractivity contribution >= 4 is 34.4 Å². The molecule has 3 N–H and O–H groups in total. The number of carbonyl (C=O) groups excluding carboxylic acids is 2. The summed E-state index contributed by atoms with van der Waals surface area (Å²) in [6.07, 6.45) is 0. The van der Waals surface area contributed by atoms with Gasteiger partial charge < -0.3 is 20.7 Å². The van der Waals surface area contributed by atoms with Gasteiger partial charge in [0, 0.05) is 17.1 Å². The molecule has 0 radical (unpaired) electrons. The van der Waals surface area contributed by atoms with E-state index < -0.39 is 29.7 Å². The van der Waals surface area contributed by atoms with E-state index in [-0.39, 0.29) is 18.2 Å². The van der Waals surface area contributed by atoms with Crippen molar-refractivity contribution in [2.24, 2.45) is 5.92 Å². The Kier molecular flexibility index (Phi) is 7.14. The van der Waals surface area contributed by atoms with Crippen LogP contribution in [0.15, 0.2) is 42.5 Å². The predicted molar refractivity (Wildman–Crippen MR) is 116 cm³/mol. The highest BCUT2D eigenvalue weighted by atomic mass is 19.2. The minimum absolute atomic E-state index is 0.0421. The van der Waals surface area contributed by atoms with Crippen LogP contribution in [0.25, 0.3) is 10.9 Å². The lowest BCUT2D eigenvalue weighted by Gasteiger charge is -2.21. The summed E-state index contributed by atoms with van der Waals surface area (Å²) in [6, 6.07) is 9.01. The molecule has 0 aliphatic heterocycles. The molecule has 0 fully saturated rings. The van der Waals surface area contributed by atoms with E-state index in [0.717, 1.165) is 12.1 Å². The molecule has 0 aliphatic rings. The summed E-state index contributed by atoms with van der Waals surface area (Å²) >= 11 is 0. The Hall–Kier alpha value is -3.82. The molecule has 168 valence electrons. The van der Waals surface area contributed by atoms with Crippen molar-refractivity contribution in [3.63, 3.8) is 0 Å². The van der Waals surface area contributed by atoms with Gasteiger partial charge >= 0.3 is 12.0 Å². The predicted octanol–water partition coefficient (Wildman–Crippen LogP) is 3.84. The zero-order chi connectivity index (χ0) is 23.3. The Balaban J connectivity index is 1.78. The first kappa shape index (κ1) is 22.9. The lowest BCUT2D eigenvalue weighted by molar-refractivity contribution is -0.142. The quantitative estimate of drug-likeness (QED) is 0.479. The van der Waals surface area contributed by atoms with Crippen LogP contribution < -0.4 is 16.0 Å². The number of hydrogen-bond acceptors (Lipinski definition) is 6. The summed E-state index contributed by atoms with van der Waals surface area (Å²) in [5, 5.41) is 8.81. The van der Waals surface area contributed by atoms with Gasteiger partial charge in [0.1, 0.15) is 11.9 Å². The molecule has 3 rings (SSSR count). The monoisotopic (exact) mass is 443 g/mol. The first-order chi connectivity index (χ1) is 15.3. The lowest BCUT2D eigenvalue weighted by atomic mass is 10.0. The molecule has 0 spiro atoms. The van der Waals surface area contributed by atoms with Gasteiger partial charge in [0.2, 0.25) is 0 Å². The van der Waals surface area contributed by atoms with Crippen LogP contribution in [0.2, 0.25) is 0 Å². The maximum atomic E-state index is 13.3. The number of halogens is 2. The van der Waals surface area contributed by atoms with E-state index in [1.807, 2.05) is 32.0 Å². The molecule has 2 aromatic carbocycles. The van der Waals surface area contributed by atoms with Crippen LogP contribution in [0.3, 0.4) is 0 Å². The number of hydrogen-bond donors (Lipinski definition) is 3. The first-order valence-corrected chi connectivity index (χ1v) is 9.88. The third kappa shape index (κ3) is 5.45. The summed E-state index contributed by atoms with van der Waals surface area (Å²) in [4.78, 5) is 33.2. The molecule has 0 unspecified atom stereocenters. The number of urea groups is 1. The van der Waals surface area contributed by atoms with Crippen LogP contribution in [-0.2, 0) is 16.1 Å². The summed E-state index contributed by atoms with van der Waals surface area (Å²) in [6.45, 7) is 3.71. The third-order valence-corrected chi connectivity index (χ3v) is 4.65. The van der Waals surface area contributed by atoms with E-state index in [4.69, 9.17) is 4.74 Å². The normalized spacial score (nSPS) is 11.8. The molecule has 0 aliphatic carbocycles. The average Bonchev–Trinajstić information content (AvgIpc) is 2.77. The molecule has 3 aromatic rings. The maximum Gasteiger partial charge on any atom is 0.328 e. The largest absolute Gasteiger partial charge is 0.467 e. The molecule has 1 heterocycles. The van der Waals surface area contributed by atoms with Gasteiger partial charge in [-0.25, -0.2) is 28.3 Å². The second kappa shape index (κ2) is 9.99. The summed E-state index contributed by atoms with van der Waals surface area (Å²) in [5.41, 5.74) is 0.719. The number of ether oxygens (including phenoxy) is 1. The molecule has 0 saturated carbocycles. The number of aromatic nitrogens is 2. The van der Waals surface area contributed by atoms with Crippen LogP contribution in [0.1, 0.15) is 19.7 Å². The van der Waals surface area contributed by atoms with Crippen molar-refractivity contribution in [2.45, 2.75) is 26.4 Å². The van der Waals surface area contributed by atoms with Crippen molar-refractivity contribution in [3.05, 3.63) is 59.9 Å². The summed E-state index contributed by atoms with van der Waals surface area (Å²) < 4.78 is 31.2. The van der Waals surface area contributed by atoms with Gasteiger partial charge in [0.15, 0.2) is 17.5 Å². The molecule has 10 heteroatoms. The Morgan fingerprint density at radius 1 is 1.06 bits per heavy atom. The van der Waals surface area contributed by atoms with Gasteiger partial charge in [-0.1, -0.05) is 26.0 Å². The van der Waals surface area contributed by atoms with Gasteiger partial charge in [-0.2, -0.15) is 0 Å². The van der Waals surface area contributed by atoms with Crippen molar-refractivity contribution in [1.29, 1.82) is 0 Å². The van der Waals surface area contributed by atoms with Gasteiger partial charge in [-0.3, -0.25) is 0 Å². The number of nitrogens with zero attached hydrogens (tertiary/aromatic N) is 2. The van der Waals surface area contributed by atoms with Crippen LogP contribution in [0.5, 0.6) is 0 Å². The fourth-order valence-corrected chi connectivity index (χ4v) is 2.99. The summed E-state index contributed by atoms with van der Waals surface area (Å²) in [5.74, 6) is -1.85. The van der Waals surface area contributed by atoms with E-state index in [1.54, 1.807) is 6.07 Å². The van der Waals surface area contributed by atoms with Crippen LogP contribution >= 0.6 is 0 Å². The highest BCUT2D eigenvalue weighted by Gasteiger charge is 2.24. The minimum atomic E-state index is -1.07. The zero-order valence-electron chi connectivity index (χ0n) is 17.8. The fourth-order valence-electron chi connectivity index (χ4n) is 2.99. The van der Waals surface area contributed by atoms with Crippen LogP contribution in [0, 0.1) is 17.6 Å². The molecular weight excluding hydrogens is 420 g/mol. The SMILES string of the molecule is COC(=O)[C@@H](Nc1nc(CNC(=O)Nc2ccc(F)c(F)c2)nc2ccccc12)C(C)C. The summed E-state index contributed by atoms with van der Waals surface area (Å²) in [7, 11) is 1.32. The number of fused-ring (bicyclic) bond motifs is 1. The standard InChI is InChI=1S/C22H23F2N5O3/c1-12(2)19(21(30)32-3)29-20-14-6-4-5-7-17(14)27-18(28-20)11-25-22(31)26-13-8-9-15(23)16(24)10-13/h4-10,12,19H,11H2,1-3H3,(H2,25,26,31)(H,27,28,29)/t19-/m0/s1. The topological polar surface area (TPSA) is 105 Å². The second-order valence-electron chi connectivity index (χ2n) is 7.33. The number of anilines is 2. The Morgan fingerprint density at radius 3 is 2.50 bits per heavy atom. The van der Waals surface area contributed by atoms with Crippen molar-refractivity contribution in [3.8, 4) is 0 Å². The minimum Gasteiger partial charge on any atom is -0.467 e. The molecular formula is C22H23F2N5O3. The average molecular weight is 443 g/mol. The lowest BCUT2D eigenvalue weighted by Crippen LogP contribution is -2.36. The van der Waals surface area contributed by atoms with Gasteiger partial charge in [0.25, 0.3) is 0 Å². The Bertz CT molecular complexity index is 1140. The van der Waals surface area contributed by atoms with Crippen LogP contribution in [0.4, 0.5) is 25.1 Å². The molecule has 8 nitrogen and oxygen atoms in total. The van der Waals surface area contributed by atoms with E-state index in [0.29, 0.717) is 22.5 Å². The number of carbonyl (C=O) groups is 2. The number of methoxy groups -OCH3 is 1. The second-order valence-corrected chi connectivity index (χ2v) is 7.33. The van der Waals surface area contributed by atoms with Crippen molar-refractivity contribution in [1.82, 2.24) is 15.3 Å². The molecule has 32 heavy (non-hydrogen) atoms. The third-order valence-electron chi connectivity index (χ3n) is 4.65. The highest BCUT2D eigenvalue weighted by molar-refractivity contribution is 5.91. The van der Waals surface area contributed by atoms with E-state index in [2.05, 4.69) is 25.9 Å². The van der Waals surface area contributed by atoms with Gasteiger partial charge in [0.05, 0.1) is 19.2 Å². The number of amides is 2. The molecule has 0 saturated heterocycles. The number of benzene rings is 2. The van der Waals surface area contributed by atoms with Gasteiger partial charge in [-0.05, 0) is 30.2 Å². The maximum absolute atomic E-state index is 13.3. The number of esters is 1. The molecule has 2 amide bonds. The van der Waals surface area contributed by atoms with Crippen molar-refractivity contribution in [2.75, 3.05) is 17.7 Å². The number of rotatable bonds is 7. The molecule has 1 aromatic heterocycles. The number of nitrogens with one attached hydrogen (secondary N) is 3. The van der Waals surface area contributed by atoms with Crippen LogP contribution in [-0.4, -0.2) is 35.1 Å². The molecule has 0 bridgehead atoms. The first-order valence-electron chi connectivity index (χ1n) is 9.88. The Morgan fingerprint density at radius 2 is 1.81 bits per heavy atom. The van der Waals surface area contributed by atoms with Gasteiger partial charge in [-0.15, -0.1) is 0 Å². The van der Waals surface area contributed by atoms with E-state index in [1.165, 1.54) is 13.2 Å².